The maximum Gasteiger partial charge on any atom is 0.303 e. The van der Waals surface area contributed by atoms with Crippen LogP contribution in [0.15, 0.2) is 0 Å². The standard InChI is InChI=1S/C20H29FO14/c1-7(23)29-6-12-16(30-8(2)24)17(31-9(3)25)18(32-10(4)26)20(34-12)35-15-11(5-22)33-19(21)14(28)13(15)27/h11-20,22,27-28H,5-6H2,1-4H3/t11-,12-,13-,14-,15-,16-,17+,18-,19-,20?/m1/s1/i1D,2D,3D,4D. The number of rotatable bonds is 8. The topological polar surface area (TPSA) is 194 Å². The van der Waals surface area contributed by atoms with E-state index in [0.29, 0.717) is 0 Å². The van der Waals surface area contributed by atoms with Crippen LogP contribution in [0.1, 0.15) is 33.1 Å². The Labute approximate surface area is 204 Å². The fourth-order valence-corrected chi connectivity index (χ4v) is 3.52. The molecule has 1 unspecified atom stereocenters. The monoisotopic (exact) mass is 516 g/mol. The van der Waals surface area contributed by atoms with Crippen LogP contribution in [0.5, 0.6) is 0 Å². The van der Waals surface area contributed by atoms with E-state index in [1.54, 1.807) is 0 Å². The predicted molar refractivity (Wildman–Crippen MR) is 106 cm³/mol. The van der Waals surface area contributed by atoms with Crippen molar-refractivity contribution in [3.63, 3.8) is 0 Å². The van der Waals surface area contributed by atoms with Gasteiger partial charge in [-0.1, -0.05) is 0 Å². The highest BCUT2D eigenvalue weighted by molar-refractivity contribution is 5.68. The third-order valence-electron chi connectivity index (χ3n) is 4.90. The van der Waals surface area contributed by atoms with Crippen LogP contribution in [0, 0.1) is 0 Å². The van der Waals surface area contributed by atoms with Gasteiger partial charge in [-0.05, 0) is 0 Å². The smallest absolute Gasteiger partial charge is 0.303 e. The molecule has 0 radical (unpaired) electrons. The van der Waals surface area contributed by atoms with Gasteiger partial charge in [0.05, 0.1) is 6.61 Å². The Kier molecular flexibility index (Phi) is 8.22. The zero-order valence-electron chi connectivity index (χ0n) is 22.2. The Morgan fingerprint density at radius 1 is 0.800 bits per heavy atom. The maximum absolute atomic E-state index is 13.9. The van der Waals surface area contributed by atoms with Crippen LogP contribution < -0.4 is 0 Å². The molecule has 10 atom stereocenters. The van der Waals surface area contributed by atoms with Crippen molar-refractivity contribution in [3.05, 3.63) is 0 Å². The predicted octanol–water partition coefficient (Wildman–Crippen LogP) is -2.14. The molecule has 2 aliphatic heterocycles. The van der Waals surface area contributed by atoms with E-state index in [2.05, 4.69) is 0 Å². The van der Waals surface area contributed by atoms with Crippen LogP contribution in [-0.4, -0.2) is 114 Å². The molecule has 0 aromatic rings. The van der Waals surface area contributed by atoms with E-state index in [9.17, 15) is 38.9 Å². The molecular formula is C20H29FO14. The number of carbonyl (C=O) groups excluding carboxylic acids is 4. The van der Waals surface area contributed by atoms with Gasteiger partial charge in [0.2, 0.25) is 6.36 Å². The number of alkyl halides is 1. The van der Waals surface area contributed by atoms with Gasteiger partial charge in [0, 0.05) is 33.1 Å². The molecule has 2 heterocycles. The molecule has 0 spiro atoms. The third-order valence-corrected chi connectivity index (χ3v) is 4.90. The second-order valence-electron chi connectivity index (χ2n) is 7.38. The van der Waals surface area contributed by atoms with E-state index in [-0.39, 0.29) is 0 Å². The van der Waals surface area contributed by atoms with E-state index in [0.717, 1.165) is 0 Å². The highest BCUT2D eigenvalue weighted by atomic mass is 19.1. The molecule has 35 heavy (non-hydrogen) atoms. The number of hydrogen-bond acceptors (Lipinski definition) is 14. The first-order chi connectivity index (χ1) is 18.5. The first-order valence-electron chi connectivity index (χ1n) is 12.8. The summed E-state index contributed by atoms with van der Waals surface area (Å²) in [7, 11) is 0. The van der Waals surface area contributed by atoms with Gasteiger partial charge >= 0.3 is 23.9 Å². The third kappa shape index (κ3) is 7.52. The lowest BCUT2D eigenvalue weighted by Crippen LogP contribution is -2.66. The highest BCUT2D eigenvalue weighted by Gasteiger charge is 2.55. The number of halogens is 1. The van der Waals surface area contributed by atoms with Crippen molar-refractivity contribution >= 4 is 23.9 Å². The highest BCUT2D eigenvalue weighted by Crippen LogP contribution is 2.33. The molecule has 14 nitrogen and oxygen atoms in total. The van der Waals surface area contributed by atoms with Crippen molar-refractivity contribution in [2.24, 2.45) is 0 Å². The molecule has 0 aromatic heterocycles. The second kappa shape index (κ2) is 12.5. The summed E-state index contributed by atoms with van der Waals surface area (Å²) in [5.74, 6) is -4.72. The van der Waals surface area contributed by atoms with Crippen molar-refractivity contribution in [1.29, 1.82) is 0 Å². The largest absolute Gasteiger partial charge is 0.463 e. The summed E-state index contributed by atoms with van der Waals surface area (Å²) in [5.41, 5.74) is 0. The Hall–Kier alpha value is -2.43. The van der Waals surface area contributed by atoms with Gasteiger partial charge in [0.1, 0.15) is 37.1 Å². The molecule has 0 aromatic carbocycles. The van der Waals surface area contributed by atoms with Gasteiger partial charge in [-0.3, -0.25) is 19.2 Å². The van der Waals surface area contributed by atoms with Crippen LogP contribution in [0.2, 0.25) is 0 Å². The molecule has 0 saturated carbocycles. The summed E-state index contributed by atoms with van der Waals surface area (Å²) in [5, 5.41) is 29.9. The summed E-state index contributed by atoms with van der Waals surface area (Å²) < 4.78 is 79.1. The van der Waals surface area contributed by atoms with E-state index in [1.807, 2.05) is 0 Å². The molecule has 2 rings (SSSR count). The molecule has 0 aliphatic carbocycles. The first-order valence-corrected chi connectivity index (χ1v) is 9.99. The van der Waals surface area contributed by atoms with Crippen molar-refractivity contribution in [2.45, 2.75) is 89.1 Å². The molecule has 200 valence electrons. The van der Waals surface area contributed by atoms with E-state index < -0.39 is 126 Å². The number of esters is 4. The number of ether oxygens (including phenoxy) is 7. The Balaban J connectivity index is 2.54. The molecule has 0 amide bonds. The summed E-state index contributed by atoms with van der Waals surface area (Å²) in [6, 6.07) is 0. The number of carbonyl (C=O) groups is 4. The number of aliphatic hydroxyl groups excluding tert-OH is 3. The maximum atomic E-state index is 13.9. The fourth-order valence-electron chi connectivity index (χ4n) is 3.52. The van der Waals surface area contributed by atoms with Crippen molar-refractivity contribution in [1.82, 2.24) is 0 Å². The minimum atomic E-state index is -2.42. The molecule has 2 fully saturated rings. The molecule has 2 saturated heterocycles. The zero-order chi connectivity index (χ0) is 29.3. The van der Waals surface area contributed by atoms with Crippen LogP contribution in [0.4, 0.5) is 4.39 Å². The average molecular weight is 516 g/mol. The zero-order valence-corrected chi connectivity index (χ0v) is 18.2. The van der Waals surface area contributed by atoms with Gasteiger partial charge in [0.15, 0.2) is 24.6 Å². The Morgan fingerprint density at radius 3 is 1.94 bits per heavy atom. The second-order valence-corrected chi connectivity index (χ2v) is 7.38. The Morgan fingerprint density at radius 2 is 1.37 bits per heavy atom. The van der Waals surface area contributed by atoms with Gasteiger partial charge < -0.3 is 48.5 Å². The van der Waals surface area contributed by atoms with Crippen LogP contribution in [0.25, 0.3) is 0 Å². The van der Waals surface area contributed by atoms with E-state index in [4.69, 9.17) is 38.6 Å². The summed E-state index contributed by atoms with van der Waals surface area (Å²) in [4.78, 5) is 47.8. The van der Waals surface area contributed by atoms with Gasteiger partial charge in [-0.2, -0.15) is 0 Å². The van der Waals surface area contributed by atoms with Crippen molar-refractivity contribution in [3.8, 4) is 0 Å². The van der Waals surface area contributed by atoms with E-state index >= 15 is 0 Å². The van der Waals surface area contributed by atoms with Crippen molar-refractivity contribution < 1.29 is 77.5 Å². The lowest BCUT2D eigenvalue weighted by Gasteiger charge is -2.47. The summed E-state index contributed by atoms with van der Waals surface area (Å²) in [6.45, 7) is -5.41. The number of aliphatic hydroxyl groups is 3. The lowest BCUT2D eigenvalue weighted by atomic mass is 9.96. The number of hydrogen-bond donors (Lipinski definition) is 3. The van der Waals surface area contributed by atoms with Crippen LogP contribution in [-0.2, 0) is 52.3 Å². The Bertz CT molecular complexity index is 853. The van der Waals surface area contributed by atoms with Crippen LogP contribution in [0.3, 0.4) is 0 Å². The normalized spacial score (nSPS) is 38.6. The molecular weight excluding hydrogens is 483 g/mol. The minimum Gasteiger partial charge on any atom is -0.463 e. The van der Waals surface area contributed by atoms with Gasteiger partial charge in [0.25, 0.3) is 0 Å². The SMILES string of the molecule is [2H]CC(=O)OC[C@H]1OC(O[C@H]2[C@H](O)[C@@H](O)[C@H](F)O[C@@H]2CO)[C@H](OC(=O)C[2H])[C@@H](OC(=O)C[2H])[C@@H]1OC(=O)C[2H]. The minimum absolute atomic E-state index is 0.774. The fraction of sp³-hybridized carbons (Fsp3) is 0.800. The molecule has 15 heteroatoms. The summed E-state index contributed by atoms with van der Waals surface area (Å²) >= 11 is 0. The molecule has 3 N–H and O–H groups in total. The molecule has 0 bridgehead atoms. The first kappa shape index (κ1) is 23.0. The summed E-state index contributed by atoms with van der Waals surface area (Å²) in [6.07, 6.45) is -19.1. The van der Waals surface area contributed by atoms with Gasteiger partial charge in [-0.15, -0.1) is 0 Å². The van der Waals surface area contributed by atoms with Crippen molar-refractivity contribution in [2.75, 3.05) is 13.2 Å². The van der Waals surface area contributed by atoms with Gasteiger partial charge in [-0.25, -0.2) is 4.39 Å². The lowest BCUT2D eigenvalue weighted by molar-refractivity contribution is -0.350. The average Bonchev–Trinajstić information content (AvgIpc) is 2.93. The molecule has 2 aliphatic rings. The van der Waals surface area contributed by atoms with Crippen LogP contribution >= 0.6 is 0 Å². The van der Waals surface area contributed by atoms with E-state index in [1.165, 1.54) is 0 Å². The quantitative estimate of drug-likeness (QED) is 0.234.